The fourth-order valence-electron chi connectivity index (χ4n) is 10.1. The summed E-state index contributed by atoms with van der Waals surface area (Å²) in [4.78, 5) is 13.1. The van der Waals surface area contributed by atoms with Gasteiger partial charge in [0.15, 0.2) is 12.6 Å². The summed E-state index contributed by atoms with van der Waals surface area (Å²) in [6, 6.07) is 0. The van der Waals surface area contributed by atoms with Gasteiger partial charge in [-0.15, -0.1) is 0 Å². The maximum atomic E-state index is 13.1. The summed E-state index contributed by atoms with van der Waals surface area (Å²) in [5.74, 6) is -0.378. The topological polar surface area (TPSA) is 214 Å². The highest BCUT2D eigenvalue weighted by atomic mass is 16.7. The fourth-order valence-corrected chi connectivity index (χ4v) is 10.1. The lowest BCUT2D eigenvalue weighted by atomic mass is 9.98. The SMILES string of the molecule is CCCCCCC/C=C\C/C=C\C/C=C\CCCCCCCCCCCCC(=O)OC(COCCCCCCCCCCCC/C=C\CCCCCCCC)COC1OC(COC2OC(CO)C(O)C(O)C2O)C(O)C(O)C1O. The van der Waals surface area contributed by atoms with Crippen molar-refractivity contribution in [3.05, 3.63) is 48.6 Å². The number of carbonyl (C=O) groups is 1. The van der Waals surface area contributed by atoms with E-state index in [1.807, 2.05) is 0 Å². The first-order valence-electron chi connectivity index (χ1n) is 32.2. The van der Waals surface area contributed by atoms with Gasteiger partial charge in [0.1, 0.15) is 54.9 Å². The fraction of sp³-hybridized carbons (Fsp3) is 0.862. The van der Waals surface area contributed by atoms with E-state index < -0.39 is 80.7 Å². The lowest BCUT2D eigenvalue weighted by Gasteiger charge is -2.42. The summed E-state index contributed by atoms with van der Waals surface area (Å²) in [6.45, 7) is 3.71. The van der Waals surface area contributed by atoms with Gasteiger partial charge in [0.05, 0.1) is 26.4 Å². The molecule has 2 heterocycles. The Kier molecular flexibility index (Phi) is 47.7. The molecule has 2 aliphatic heterocycles. The van der Waals surface area contributed by atoms with Crippen LogP contribution in [-0.4, -0.2) is 142 Å². The van der Waals surface area contributed by atoms with Crippen molar-refractivity contribution in [3.8, 4) is 0 Å². The number of unbranched alkanes of at least 4 members (excludes halogenated alkanes) is 31. The zero-order valence-corrected chi connectivity index (χ0v) is 49.9. The van der Waals surface area contributed by atoms with Gasteiger partial charge in [-0.2, -0.15) is 0 Å². The minimum Gasteiger partial charge on any atom is -0.457 e. The summed E-state index contributed by atoms with van der Waals surface area (Å²) < 4.78 is 34.5. The van der Waals surface area contributed by atoms with E-state index in [1.54, 1.807) is 0 Å². The smallest absolute Gasteiger partial charge is 0.306 e. The minimum atomic E-state index is -1.71. The second-order valence-electron chi connectivity index (χ2n) is 22.6. The first kappa shape index (κ1) is 73.1. The molecule has 0 aromatic heterocycles. The number of hydrogen-bond donors (Lipinski definition) is 7. The molecule has 0 bridgehead atoms. The Morgan fingerprint density at radius 3 is 1.24 bits per heavy atom. The zero-order valence-electron chi connectivity index (χ0n) is 49.9. The van der Waals surface area contributed by atoms with Crippen LogP contribution in [0.1, 0.15) is 258 Å². The molecule has 11 unspecified atom stereocenters. The van der Waals surface area contributed by atoms with Gasteiger partial charge in [-0.25, -0.2) is 0 Å². The average molecular weight is 1120 g/mol. The maximum Gasteiger partial charge on any atom is 0.306 e. The van der Waals surface area contributed by atoms with E-state index in [9.17, 15) is 40.5 Å². The van der Waals surface area contributed by atoms with Crippen LogP contribution in [0.25, 0.3) is 0 Å². The molecule has 0 saturated carbocycles. The molecular weight excluding hydrogens is 1000 g/mol. The van der Waals surface area contributed by atoms with Crippen LogP contribution < -0.4 is 0 Å². The first-order chi connectivity index (χ1) is 38.6. The van der Waals surface area contributed by atoms with Crippen LogP contribution in [0.4, 0.5) is 0 Å². The number of allylic oxidation sites excluding steroid dienone is 8. The number of aliphatic hydroxyl groups excluding tert-OH is 7. The zero-order chi connectivity index (χ0) is 57.2. The third kappa shape index (κ3) is 37.7. The number of carbonyl (C=O) groups excluding carboxylic acids is 1. The van der Waals surface area contributed by atoms with E-state index in [4.69, 9.17) is 28.4 Å². The van der Waals surface area contributed by atoms with Crippen LogP contribution in [0.2, 0.25) is 0 Å². The van der Waals surface area contributed by atoms with Gasteiger partial charge in [-0.3, -0.25) is 4.79 Å². The van der Waals surface area contributed by atoms with Gasteiger partial charge in [0.2, 0.25) is 0 Å². The molecule has 79 heavy (non-hydrogen) atoms. The molecule has 0 amide bonds. The molecule has 0 spiro atoms. The third-order valence-electron chi connectivity index (χ3n) is 15.3. The van der Waals surface area contributed by atoms with Crippen LogP contribution in [0.3, 0.4) is 0 Å². The van der Waals surface area contributed by atoms with Crippen LogP contribution in [0, 0.1) is 0 Å². The van der Waals surface area contributed by atoms with E-state index in [2.05, 4.69) is 62.5 Å². The number of ether oxygens (including phenoxy) is 6. The lowest BCUT2D eigenvalue weighted by Crippen LogP contribution is -2.61. The summed E-state index contributed by atoms with van der Waals surface area (Å²) in [5.41, 5.74) is 0. The predicted molar refractivity (Wildman–Crippen MR) is 316 cm³/mol. The van der Waals surface area contributed by atoms with Crippen molar-refractivity contribution in [1.29, 1.82) is 0 Å². The Balaban J connectivity index is 1.68. The quantitative estimate of drug-likeness (QED) is 0.0172. The largest absolute Gasteiger partial charge is 0.457 e. The Bertz CT molecular complexity index is 1490. The number of esters is 1. The molecular formula is C65H118O14. The second kappa shape index (κ2) is 51.6. The van der Waals surface area contributed by atoms with Crippen molar-refractivity contribution in [2.75, 3.05) is 33.0 Å². The Hall–Kier alpha value is -2.05. The van der Waals surface area contributed by atoms with Crippen LogP contribution in [0.5, 0.6) is 0 Å². The summed E-state index contributed by atoms with van der Waals surface area (Å²) >= 11 is 0. The van der Waals surface area contributed by atoms with E-state index in [0.29, 0.717) is 13.0 Å². The number of hydrogen-bond acceptors (Lipinski definition) is 14. The van der Waals surface area contributed by atoms with E-state index >= 15 is 0 Å². The highest BCUT2D eigenvalue weighted by Crippen LogP contribution is 2.27. The molecule has 2 fully saturated rings. The molecule has 2 aliphatic rings. The molecule has 0 aromatic rings. The van der Waals surface area contributed by atoms with Crippen molar-refractivity contribution in [1.82, 2.24) is 0 Å². The normalized spacial score (nSPS) is 24.3. The molecule has 2 rings (SSSR count). The maximum absolute atomic E-state index is 13.1. The van der Waals surface area contributed by atoms with Crippen molar-refractivity contribution >= 4 is 5.97 Å². The average Bonchev–Trinajstić information content (AvgIpc) is 3.46. The van der Waals surface area contributed by atoms with Gasteiger partial charge in [0.25, 0.3) is 0 Å². The number of rotatable bonds is 53. The molecule has 14 heteroatoms. The van der Waals surface area contributed by atoms with E-state index in [1.165, 1.54) is 173 Å². The van der Waals surface area contributed by atoms with Gasteiger partial charge in [-0.05, 0) is 77.0 Å². The van der Waals surface area contributed by atoms with Gasteiger partial charge in [-0.1, -0.05) is 223 Å². The Morgan fingerprint density at radius 2 is 0.785 bits per heavy atom. The van der Waals surface area contributed by atoms with Crippen LogP contribution >= 0.6 is 0 Å². The van der Waals surface area contributed by atoms with Crippen LogP contribution in [-0.2, 0) is 33.2 Å². The van der Waals surface area contributed by atoms with Crippen molar-refractivity contribution in [2.24, 2.45) is 0 Å². The number of aliphatic hydroxyl groups is 7. The monoisotopic (exact) mass is 1120 g/mol. The molecule has 14 nitrogen and oxygen atoms in total. The van der Waals surface area contributed by atoms with Crippen molar-refractivity contribution in [2.45, 2.75) is 325 Å². The van der Waals surface area contributed by atoms with Crippen LogP contribution in [0.15, 0.2) is 48.6 Å². The Labute approximate surface area is 480 Å². The standard InChI is InChI=1S/C65H118O14/c1-3-5-7-9-11-13-15-17-19-21-23-25-26-27-28-29-30-32-34-36-38-40-42-44-46-48-57(67)77-54(51-74-49-47-45-43-41-39-37-35-33-31-24-22-20-18-16-14-12-10-8-6-4-2)52-75-64-63(73)61(71)59(69)56(79-64)53-76-65-62(72)60(70)58(68)55(50-66)78-65/h15,17-18,20-21,23,26-27,54-56,58-66,68-73H,3-14,16,19,22,24-25,28-53H2,1-2H3/b17-15-,20-18-,23-21-,27-26-. The predicted octanol–water partition coefficient (Wildman–Crippen LogP) is 12.6. The minimum absolute atomic E-state index is 0.0598. The van der Waals surface area contributed by atoms with E-state index in [0.717, 1.165) is 57.8 Å². The summed E-state index contributed by atoms with van der Waals surface area (Å²) in [5, 5.41) is 72.5. The first-order valence-corrected chi connectivity index (χ1v) is 32.2. The Morgan fingerprint density at radius 1 is 0.418 bits per heavy atom. The van der Waals surface area contributed by atoms with Gasteiger partial charge in [0, 0.05) is 13.0 Å². The second-order valence-corrected chi connectivity index (χ2v) is 22.6. The molecule has 11 atom stereocenters. The molecule has 462 valence electrons. The van der Waals surface area contributed by atoms with Crippen molar-refractivity contribution in [3.63, 3.8) is 0 Å². The third-order valence-corrected chi connectivity index (χ3v) is 15.3. The lowest BCUT2D eigenvalue weighted by molar-refractivity contribution is -0.332. The molecule has 0 aliphatic carbocycles. The molecule has 7 N–H and O–H groups in total. The van der Waals surface area contributed by atoms with Crippen molar-refractivity contribution < 1.29 is 69.0 Å². The highest BCUT2D eigenvalue weighted by Gasteiger charge is 2.47. The summed E-state index contributed by atoms with van der Waals surface area (Å²) in [7, 11) is 0. The molecule has 0 radical (unpaired) electrons. The summed E-state index contributed by atoms with van der Waals surface area (Å²) in [6.07, 6.45) is 47.4. The molecule has 0 aromatic carbocycles. The van der Waals surface area contributed by atoms with E-state index in [-0.39, 0.29) is 25.6 Å². The highest BCUT2D eigenvalue weighted by molar-refractivity contribution is 5.69. The molecule has 2 saturated heterocycles. The van der Waals surface area contributed by atoms with Gasteiger partial charge < -0.3 is 64.2 Å². The van der Waals surface area contributed by atoms with Gasteiger partial charge >= 0.3 is 5.97 Å².